The van der Waals surface area contributed by atoms with E-state index in [-0.39, 0.29) is 5.57 Å². The highest BCUT2D eigenvalue weighted by atomic mass is 16.5. The lowest BCUT2D eigenvalue weighted by atomic mass is 9.98. The first-order valence-electron chi connectivity index (χ1n) is 10.4. The van der Waals surface area contributed by atoms with Crippen molar-refractivity contribution in [1.29, 1.82) is 10.5 Å². The number of hydrogen-bond donors (Lipinski definition) is 1. The number of nitrogens with two attached hydrogens (primary N) is 1. The Labute approximate surface area is 181 Å². The number of aromatic nitrogens is 3. The van der Waals surface area contributed by atoms with Crippen molar-refractivity contribution >= 4 is 5.57 Å². The molecular weight excluding hydrogens is 392 g/mol. The van der Waals surface area contributed by atoms with E-state index in [1.165, 1.54) is 6.20 Å². The maximum Gasteiger partial charge on any atom is 0.179 e. The summed E-state index contributed by atoms with van der Waals surface area (Å²) < 4.78 is 7.53. The molecule has 0 bridgehead atoms. The van der Waals surface area contributed by atoms with Gasteiger partial charge in [0.25, 0.3) is 0 Å². The van der Waals surface area contributed by atoms with Gasteiger partial charge in [-0.05, 0) is 25.8 Å². The second-order valence-electron chi connectivity index (χ2n) is 8.01. The van der Waals surface area contributed by atoms with E-state index in [1.807, 2.05) is 23.2 Å². The van der Waals surface area contributed by atoms with Crippen LogP contribution < -0.4 is 10.5 Å². The highest BCUT2D eigenvalue weighted by Gasteiger charge is 2.36. The molecule has 2 aromatic heterocycles. The average Bonchev–Trinajstić information content (AvgIpc) is 3.15. The molecule has 31 heavy (non-hydrogen) atoms. The third kappa shape index (κ3) is 3.80. The number of likely N-dealkylation sites (tertiary alicyclic amines) is 2. The van der Waals surface area contributed by atoms with Crippen molar-refractivity contribution in [3.05, 3.63) is 36.0 Å². The number of methoxy groups -OCH3 is 1. The summed E-state index contributed by atoms with van der Waals surface area (Å²) in [7, 11) is 1.55. The third-order valence-electron chi connectivity index (χ3n) is 6.26. The highest BCUT2D eigenvalue weighted by molar-refractivity contribution is 5.79. The molecule has 0 unspecified atom stereocenters. The standard InChI is InChI=1S/C22H26N8O/c1-15-20(16-6-21(31-2)22(26-9-16)17(7-23)8-24)10-27-30(15)19-12-29(13-19)18-4-3-5-28(11-18)14-25/h6-7,9-10,18-19H,3-5,11-13,23H2,1-2H3/b17-7-/t18-/m0/s1. The van der Waals surface area contributed by atoms with Crippen molar-refractivity contribution in [3.63, 3.8) is 0 Å². The monoisotopic (exact) mass is 418 g/mol. The molecule has 9 nitrogen and oxygen atoms in total. The van der Waals surface area contributed by atoms with Crippen molar-refractivity contribution in [1.82, 2.24) is 24.6 Å². The van der Waals surface area contributed by atoms with Crippen molar-refractivity contribution in [3.8, 4) is 29.1 Å². The molecule has 0 spiro atoms. The van der Waals surface area contributed by atoms with Gasteiger partial charge in [-0.15, -0.1) is 0 Å². The zero-order chi connectivity index (χ0) is 22.0. The van der Waals surface area contributed by atoms with Gasteiger partial charge in [-0.3, -0.25) is 14.6 Å². The molecule has 2 aliphatic heterocycles. The van der Waals surface area contributed by atoms with E-state index in [0.29, 0.717) is 23.5 Å². The largest absolute Gasteiger partial charge is 0.494 e. The third-order valence-corrected chi connectivity index (χ3v) is 6.26. The predicted molar refractivity (Wildman–Crippen MR) is 115 cm³/mol. The summed E-state index contributed by atoms with van der Waals surface area (Å²) in [5, 5.41) is 23.1. The van der Waals surface area contributed by atoms with E-state index < -0.39 is 0 Å². The van der Waals surface area contributed by atoms with E-state index in [4.69, 9.17) is 10.5 Å². The van der Waals surface area contributed by atoms with Gasteiger partial charge in [0.2, 0.25) is 0 Å². The average molecular weight is 419 g/mol. The molecule has 160 valence electrons. The van der Waals surface area contributed by atoms with Crippen molar-refractivity contribution in [2.24, 2.45) is 5.73 Å². The minimum atomic E-state index is 0.267. The van der Waals surface area contributed by atoms with E-state index in [0.717, 1.165) is 55.8 Å². The summed E-state index contributed by atoms with van der Waals surface area (Å²) >= 11 is 0. The molecular formula is C22H26N8O. The summed E-state index contributed by atoms with van der Waals surface area (Å²) in [5.74, 6) is 0.497. The predicted octanol–water partition coefficient (Wildman–Crippen LogP) is 1.89. The molecule has 0 aliphatic carbocycles. The Morgan fingerprint density at radius 2 is 2.06 bits per heavy atom. The van der Waals surface area contributed by atoms with E-state index in [2.05, 4.69) is 32.8 Å². The summed E-state index contributed by atoms with van der Waals surface area (Å²) in [6.07, 6.45) is 9.31. The van der Waals surface area contributed by atoms with Gasteiger partial charge in [0.1, 0.15) is 17.5 Å². The topological polar surface area (TPSA) is 120 Å². The quantitative estimate of drug-likeness (QED) is 0.577. The van der Waals surface area contributed by atoms with Gasteiger partial charge in [0.05, 0.1) is 24.9 Å². The second kappa shape index (κ2) is 8.66. The molecule has 0 amide bonds. The summed E-state index contributed by atoms with van der Waals surface area (Å²) in [4.78, 5) is 8.73. The first-order valence-corrected chi connectivity index (χ1v) is 10.4. The Morgan fingerprint density at radius 3 is 2.74 bits per heavy atom. The van der Waals surface area contributed by atoms with Gasteiger partial charge >= 0.3 is 0 Å². The fourth-order valence-electron chi connectivity index (χ4n) is 4.48. The van der Waals surface area contributed by atoms with Gasteiger partial charge in [-0.2, -0.15) is 15.6 Å². The van der Waals surface area contributed by atoms with Gasteiger partial charge < -0.3 is 15.4 Å². The molecule has 2 aromatic rings. The lowest BCUT2D eigenvalue weighted by Crippen LogP contribution is -2.57. The van der Waals surface area contributed by atoms with Crippen LogP contribution in [0.15, 0.2) is 24.7 Å². The van der Waals surface area contributed by atoms with E-state index >= 15 is 0 Å². The molecule has 2 saturated heterocycles. The Bertz CT molecular complexity index is 1070. The highest BCUT2D eigenvalue weighted by Crippen LogP contribution is 2.33. The molecule has 9 heteroatoms. The normalized spacial score (nSPS) is 20.1. The molecule has 2 fully saturated rings. The van der Waals surface area contributed by atoms with Gasteiger partial charge in [-0.1, -0.05) is 0 Å². The van der Waals surface area contributed by atoms with Gasteiger partial charge in [0, 0.05) is 61.4 Å². The Kier molecular flexibility index (Phi) is 5.79. The first-order chi connectivity index (χ1) is 15.1. The second-order valence-corrected chi connectivity index (χ2v) is 8.01. The minimum absolute atomic E-state index is 0.267. The number of ether oxygens (including phenoxy) is 1. The van der Waals surface area contributed by atoms with Crippen LogP contribution in [0.5, 0.6) is 5.75 Å². The van der Waals surface area contributed by atoms with Crippen LogP contribution in [0.4, 0.5) is 0 Å². The maximum absolute atomic E-state index is 9.24. The number of rotatable bonds is 5. The Morgan fingerprint density at radius 1 is 1.26 bits per heavy atom. The maximum atomic E-state index is 9.24. The Balaban J connectivity index is 1.50. The molecule has 4 heterocycles. The van der Waals surface area contributed by atoms with Crippen LogP contribution in [0, 0.1) is 29.7 Å². The fourth-order valence-corrected chi connectivity index (χ4v) is 4.48. The SMILES string of the molecule is COc1cc(-c2cnn(C3CN([C@H]4CCCN(C#N)C4)C3)c2C)cnc1/C(C#N)=C\N. The lowest BCUT2D eigenvalue weighted by Gasteiger charge is -2.47. The summed E-state index contributed by atoms with van der Waals surface area (Å²) in [6, 6.07) is 4.68. The number of hydrogen-bond acceptors (Lipinski definition) is 8. The van der Waals surface area contributed by atoms with Crippen molar-refractivity contribution < 1.29 is 4.74 Å². The van der Waals surface area contributed by atoms with Crippen molar-refractivity contribution in [2.45, 2.75) is 31.8 Å². The van der Waals surface area contributed by atoms with Crippen molar-refractivity contribution in [2.75, 3.05) is 33.3 Å². The van der Waals surface area contributed by atoms with Crippen LogP contribution in [-0.2, 0) is 0 Å². The molecule has 2 aliphatic rings. The van der Waals surface area contributed by atoms with E-state index in [9.17, 15) is 10.5 Å². The number of allylic oxidation sites excluding steroid dienone is 1. The molecule has 1 atom stereocenters. The number of nitriles is 2. The first kappa shape index (κ1) is 20.7. The van der Waals surface area contributed by atoms with Crippen LogP contribution in [-0.4, -0.2) is 63.9 Å². The van der Waals surface area contributed by atoms with Crippen LogP contribution >= 0.6 is 0 Å². The molecule has 4 rings (SSSR count). The fraction of sp³-hybridized carbons (Fsp3) is 0.455. The summed E-state index contributed by atoms with van der Waals surface area (Å²) in [5.41, 5.74) is 9.16. The smallest absolute Gasteiger partial charge is 0.179 e. The van der Waals surface area contributed by atoms with Crippen LogP contribution in [0.1, 0.15) is 30.3 Å². The zero-order valence-electron chi connectivity index (χ0n) is 17.8. The zero-order valence-corrected chi connectivity index (χ0v) is 17.8. The molecule has 2 N–H and O–H groups in total. The van der Waals surface area contributed by atoms with Crippen LogP contribution in [0.2, 0.25) is 0 Å². The number of nitrogens with zero attached hydrogens (tertiary/aromatic N) is 7. The van der Waals surface area contributed by atoms with Crippen LogP contribution in [0.25, 0.3) is 16.7 Å². The molecule has 0 aromatic carbocycles. The Hall–Kier alpha value is -3.56. The van der Waals surface area contributed by atoms with Gasteiger partial charge in [0.15, 0.2) is 6.19 Å². The molecule has 0 radical (unpaired) electrons. The number of pyridine rings is 1. The van der Waals surface area contributed by atoms with E-state index in [1.54, 1.807) is 13.3 Å². The lowest BCUT2D eigenvalue weighted by molar-refractivity contribution is 0.0243. The molecule has 0 saturated carbocycles. The van der Waals surface area contributed by atoms with Crippen LogP contribution in [0.3, 0.4) is 0 Å². The minimum Gasteiger partial charge on any atom is -0.494 e. The number of piperidine rings is 1. The summed E-state index contributed by atoms with van der Waals surface area (Å²) in [6.45, 7) is 5.65. The van der Waals surface area contributed by atoms with Gasteiger partial charge in [-0.25, -0.2) is 0 Å².